The normalized spacial score (nSPS) is 10.8. The molecule has 0 bridgehead atoms. The van der Waals surface area contributed by atoms with Crippen molar-refractivity contribution in [1.82, 2.24) is 5.32 Å². The minimum Gasteiger partial charge on any atom is -0.351 e. The van der Waals surface area contributed by atoms with Crippen molar-refractivity contribution in [2.24, 2.45) is 0 Å². The number of terminal acetylenes is 1. The summed E-state index contributed by atoms with van der Waals surface area (Å²) in [4.78, 5) is 11.4. The van der Waals surface area contributed by atoms with Crippen LogP contribution in [0.1, 0.15) is 22.3 Å². The number of amides is 1. The van der Waals surface area contributed by atoms with Gasteiger partial charge in [-0.1, -0.05) is 0 Å². The van der Waals surface area contributed by atoms with E-state index < -0.39 is 23.5 Å². The van der Waals surface area contributed by atoms with E-state index in [1.807, 2.05) is 0 Å². The Labute approximate surface area is 101 Å². The third-order valence-electron chi connectivity index (χ3n) is 2.09. The lowest BCUT2D eigenvalue weighted by atomic mass is 10.1. The third kappa shape index (κ3) is 3.48. The molecule has 96 valence electrons. The first-order chi connectivity index (χ1) is 8.36. The molecule has 0 fully saturated rings. The second-order valence-electron chi connectivity index (χ2n) is 3.40. The molecular weight excluding hydrogens is 250 g/mol. The zero-order valence-electron chi connectivity index (χ0n) is 9.14. The largest absolute Gasteiger partial charge is 0.419 e. The van der Waals surface area contributed by atoms with Crippen LogP contribution in [0.4, 0.5) is 17.6 Å². The standard InChI is InChI=1S/C12H9F4NO/c1-2-3-6-17-11(18)8-4-5-10(13)9(7-8)12(14,15)16/h1,4-5,7H,3,6H2,(H,17,18). The van der Waals surface area contributed by atoms with Crippen LogP contribution in [0, 0.1) is 18.2 Å². The Bertz CT molecular complexity index is 488. The Hall–Kier alpha value is -2.03. The number of halogens is 4. The molecule has 1 aromatic rings. The molecule has 6 heteroatoms. The van der Waals surface area contributed by atoms with Crippen molar-refractivity contribution in [2.75, 3.05) is 6.54 Å². The minimum absolute atomic E-state index is 0.147. The van der Waals surface area contributed by atoms with Gasteiger partial charge in [-0.05, 0) is 18.2 Å². The summed E-state index contributed by atoms with van der Waals surface area (Å²) in [6.07, 6.45) is 0.384. The number of alkyl halides is 3. The van der Waals surface area contributed by atoms with Gasteiger partial charge in [0.2, 0.25) is 0 Å². The number of carbonyl (C=O) groups is 1. The van der Waals surface area contributed by atoms with Gasteiger partial charge in [0.05, 0.1) is 5.56 Å². The predicted octanol–water partition coefficient (Wildman–Crippen LogP) is 2.60. The molecule has 0 spiro atoms. The monoisotopic (exact) mass is 259 g/mol. The van der Waals surface area contributed by atoms with Gasteiger partial charge in [0.25, 0.3) is 5.91 Å². The second-order valence-corrected chi connectivity index (χ2v) is 3.40. The van der Waals surface area contributed by atoms with Crippen molar-refractivity contribution < 1.29 is 22.4 Å². The zero-order valence-corrected chi connectivity index (χ0v) is 9.14. The Morgan fingerprint density at radius 1 is 1.39 bits per heavy atom. The van der Waals surface area contributed by atoms with Gasteiger partial charge in [-0.3, -0.25) is 4.79 Å². The van der Waals surface area contributed by atoms with Crippen molar-refractivity contribution >= 4 is 5.91 Å². The summed E-state index contributed by atoms with van der Waals surface area (Å²) in [5, 5.41) is 2.33. The SMILES string of the molecule is C#CCCNC(=O)c1ccc(F)c(C(F)(F)F)c1. The van der Waals surface area contributed by atoms with Gasteiger partial charge in [0.1, 0.15) is 5.82 Å². The second kappa shape index (κ2) is 5.54. The first-order valence-corrected chi connectivity index (χ1v) is 4.94. The first-order valence-electron chi connectivity index (χ1n) is 4.94. The van der Waals surface area contributed by atoms with Gasteiger partial charge in [-0.2, -0.15) is 13.2 Å². The lowest BCUT2D eigenvalue weighted by Crippen LogP contribution is -2.24. The van der Waals surface area contributed by atoms with Crippen LogP contribution in [0.5, 0.6) is 0 Å². The summed E-state index contributed by atoms with van der Waals surface area (Å²) < 4.78 is 50.2. The lowest BCUT2D eigenvalue weighted by Gasteiger charge is -2.10. The van der Waals surface area contributed by atoms with Crippen LogP contribution in [0.15, 0.2) is 18.2 Å². The summed E-state index contributed by atoms with van der Waals surface area (Å²) in [6.45, 7) is 0.147. The smallest absolute Gasteiger partial charge is 0.351 e. The molecule has 2 nitrogen and oxygen atoms in total. The van der Waals surface area contributed by atoms with Crippen molar-refractivity contribution in [3.05, 3.63) is 35.1 Å². The number of carbonyl (C=O) groups excluding carboxylic acids is 1. The minimum atomic E-state index is -4.83. The van der Waals surface area contributed by atoms with E-state index in [0.717, 1.165) is 6.07 Å². The van der Waals surface area contributed by atoms with E-state index in [2.05, 4.69) is 11.2 Å². The molecule has 1 N–H and O–H groups in total. The van der Waals surface area contributed by atoms with Crippen LogP contribution in [0.25, 0.3) is 0 Å². The molecule has 0 unspecified atom stereocenters. The van der Waals surface area contributed by atoms with E-state index in [0.29, 0.717) is 12.1 Å². The number of rotatable bonds is 3. The fourth-order valence-electron chi connectivity index (χ4n) is 1.23. The molecule has 1 amide bonds. The van der Waals surface area contributed by atoms with Crippen LogP contribution < -0.4 is 5.32 Å². The summed E-state index contributed by atoms with van der Waals surface area (Å²) in [7, 11) is 0. The van der Waals surface area contributed by atoms with E-state index in [4.69, 9.17) is 6.42 Å². The molecule has 1 rings (SSSR count). The molecule has 0 aromatic heterocycles. The topological polar surface area (TPSA) is 29.1 Å². The third-order valence-corrected chi connectivity index (χ3v) is 2.09. The number of nitrogens with one attached hydrogen (secondary N) is 1. The van der Waals surface area contributed by atoms with Crippen LogP contribution in [-0.2, 0) is 6.18 Å². The highest BCUT2D eigenvalue weighted by atomic mass is 19.4. The highest BCUT2D eigenvalue weighted by molar-refractivity contribution is 5.94. The molecule has 0 radical (unpaired) electrons. The average molecular weight is 259 g/mol. The maximum absolute atomic E-state index is 13.0. The molecule has 0 aliphatic carbocycles. The molecule has 0 atom stereocenters. The van der Waals surface area contributed by atoms with Gasteiger partial charge in [0.15, 0.2) is 0 Å². The maximum atomic E-state index is 13.0. The van der Waals surface area contributed by atoms with E-state index >= 15 is 0 Å². The van der Waals surface area contributed by atoms with Gasteiger partial charge in [-0.15, -0.1) is 12.3 Å². The van der Waals surface area contributed by atoms with Crippen molar-refractivity contribution in [3.63, 3.8) is 0 Å². The van der Waals surface area contributed by atoms with Crippen LogP contribution in [0.3, 0.4) is 0 Å². The summed E-state index contributed by atoms with van der Waals surface area (Å²) >= 11 is 0. The number of hydrogen-bond donors (Lipinski definition) is 1. The van der Waals surface area contributed by atoms with Crippen LogP contribution in [0.2, 0.25) is 0 Å². The molecule has 18 heavy (non-hydrogen) atoms. The highest BCUT2D eigenvalue weighted by Gasteiger charge is 2.34. The Balaban J connectivity index is 2.92. The molecule has 0 saturated carbocycles. The Kier molecular flexibility index (Phi) is 4.32. The maximum Gasteiger partial charge on any atom is 0.419 e. The summed E-state index contributed by atoms with van der Waals surface area (Å²) in [5.41, 5.74) is -1.73. The summed E-state index contributed by atoms with van der Waals surface area (Å²) in [5.74, 6) is 0.124. The fourth-order valence-corrected chi connectivity index (χ4v) is 1.23. The van der Waals surface area contributed by atoms with Gasteiger partial charge in [0, 0.05) is 18.5 Å². The molecule has 0 aliphatic rings. The van der Waals surface area contributed by atoms with E-state index in [1.165, 1.54) is 0 Å². The molecular formula is C12H9F4NO. The molecule has 1 aromatic carbocycles. The average Bonchev–Trinajstić information content (AvgIpc) is 2.28. The first kappa shape index (κ1) is 14.0. The fraction of sp³-hybridized carbons (Fsp3) is 0.250. The van der Waals surface area contributed by atoms with Crippen molar-refractivity contribution in [1.29, 1.82) is 0 Å². The van der Waals surface area contributed by atoms with Gasteiger partial charge >= 0.3 is 6.18 Å². The van der Waals surface area contributed by atoms with Crippen molar-refractivity contribution in [3.8, 4) is 12.3 Å². The quantitative estimate of drug-likeness (QED) is 0.504. The highest BCUT2D eigenvalue weighted by Crippen LogP contribution is 2.31. The lowest BCUT2D eigenvalue weighted by molar-refractivity contribution is -0.140. The van der Waals surface area contributed by atoms with Crippen molar-refractivity contribution in [2.45, 2.75) is 12.6 Å². The number of benzene rings is 1. The van der Waals surface area contributed by atoms with E-state index in [1.54, 1.807) is 0 Å². The molecule has 0 saturated heterocycles. The predicted molar refractivity (Wildman–Crippen MR) is 57.2 cm³/mol. The van der Waals surface area contributed by atoms with Gasteiger partial charge in [-0.25, -0.2) is 4.39 Å². The van der Waals surface area contributed by atoms with E-state index in [-0.39, 0.29) is 18.5 Å². The molecule has 0 aliphatic heterocycles. The number of hydrogen-bond acceptors (Lipinski definition) is 1. The Morgan fingerprint density at radius 3 is 2.61 bits per heavy atom. The zero-order chi connectivity index (χ0) is 13.8. The van der Waals surface area contributed by atoms with Crippen LogP contribution in [-0.4, -0.2) is 12.5 Å². The van der Waals surface area contributed by atoms with E-state index in [9.17, 15) is 22.4 Å². The summed E-state index contributed by atoms with van der Waals surface area (Å²) in [6, 6.07) is 2.06. The van der Waals surface area contributed by atoms with Crippen LogP contribution >= 0.6 is 0 Å². The van der Waals surface area contributed by atoms with Gasteiger partial charge < -0.3 is 5.32 Å². The molecule has 0 heterocycles. The Morgan fingerprint density at radius 2 is 2.06 bits per heavy atom.